The van der Waals surface area contributed by atoms with Crippen LogP contribution in [0.25, 0.3) is 11.0 Å². The Kier molecular flexibility index (Phi) is 2.98. The van der Waals surface area contributed by atoms with Gasteiger partial charge in [-0.15, -0.1) is 11.6 Å². The maximum absolute atomic E-state index is 13.7. The Balaban J connectivity index is 2.20. The molecule has 0 amide bonds. The first-order valence-corrected chi connectivity index (χ1v) is 6.13. The Labute approximate surface area is 112 Å². The summed E-state index contributed by atoms with van der Waals surface area (Å²) in [7, 11) is 0. The van der Waals surface area contributed by atoms with E-state index in [1.807, 2.05) is 0 Å². The molecule has 0 fully saturated rings. The standard InChI is InChI=1S/C13H9ClF2N2O/c14-5-12-17-13-10(16)3-9(15)4-11(13)18(12)6-8-1-2-19-7-8/h1-4,7H,5-6H2. The van der Waals surface area contributed by atoms with Crippen LogP contribution in [0.5, 0.6) is 0 Å². The van der Waals surface area contributed by atoms with Crippen molar-refractivity contribution in [1.82, 2.24) is 9.55 Å². The maximum atomic E-state index is 13.7. The van der Waals surface area contributed by atoms with E-state index in [9.17, 15) is 8.78 Å². The van der Waals surface area contributed by atoms with Gasteiger partial charge in [-0.3, -0.25) is 0 Å². The molecular formula is C13H9ClF2N2O. The Morgan fingerprint density at radius 3 is 2.84 bits per heavy atom. The molecule has 98 valence electrons. The molecule has 3 nitrogen and oxygen atoms in total. The van der Waals surface area contributed by atoms with E-state index in [1.54, 1.807) is 16.9 Å². The molecule has 3 aromatic rings. The lowest BCUT2D eigenvalue weighted by molar-refractivity contribution is 0.562. The second-order valence-electron chi connectivity index (χ2n) is 4.13. The summed E-state index contributed by atoms with van der Waals surface area (Å²) in [4.78, 5) is 4.11. The number of fused-ring (bicyclic) bond motifs is 1. The van der Waals surface area contributed by atoms with Crippen molar-refractivity contribution in [3.05, 3.63) is 53.7 Å². The zero-order valence-corrected chi connectivity index (χ0v) is 10.5. The molecule has 0 saturated carbocycles. The summed E-state index contributed by atoms with van der Waals surface area (Å²) in [5.41, 5.74) is 1.38. The Morgan fingerprint density at radius 2 is 2.16 bits per heavy atom. The number of hydrogen-bond acceptors (Lipinski definition) is 2. The predicted octanol–water partition coefficient (Wildman–Crippen LogP) is 3.69. The third-order valence-electron chi connectivity index (χ3n) is 2.89. The van der Waals surface area contributed by atoms with Crippen molar-refractivity contribution in [2.45, 2.75) is 12.4 Å². The SMILES string of the molecule is Fc1cc(F)c2nc(CCl)n(Cc3ccoc3)c2c1. The van der Waals surface area contributed by atoms with Gasteiger partial charge in [0.1, 0.15) is 17.2 Å². The normalized spacial score (nSPS) is 11.3. The van der Waals surface area contributed by atoms with E-state index in [1.165, 1.54) is 12.3 Å². The van der Waals surface area contributed by atoms with Crippen molar-refractivity contribution in [2.24, 2.45) is 0 Å². The fourth-order valence-corrected chi connectivity index (χ4v) is 2.24. The zero-order chi connectivity index (χ0) is 13.4. The second kappa shape index (κ2) is 4.66. The van der Waals surface area contributed by atoms with Gasteiger partial charge in [0.25, 0.3) is 0 Å². The van der Waals surface area contributed by atoms with Gasteiger partial charge in [0, 0.05) is 11.6 Å². The summed E-state index contributed by atoms with van der Waals surface area (Å²) >= 11 is 5.81. The minimum Gasteiger partial charge on any atom is -0.472 e. The second-order valence-corrected chi connectivity index (χ2v) is 4.40. The Morgan fingerprint density at radius 1 is 1.32 bits per heavy atom. The summed E-state index contributed by atoms with van der Waals surface area (Å²) in [6.07, 6.45) is 3.11. The lowest BCUT2D eigenvalue weighted by Gasteiger charge is -2.05. The molecule has 1 aromatic carbocycles. The van der Waals surface area contributed by atoms with Crippen LogP contribution in [0.1, 0.15) is 11.4 Å². The van der Waals surface area contributed by atoms with Crippen molar-refractivity contribution < 1.29 is 13.2 Å². The van der Waals surface area contributed by atoms with Crippen molar-refractivity contribution in [3.8, 4) is 0 Å². The third-order valence-corrected chi connectivity index (χ3v) is 3.13. The molecule has 6 heteroatoms. The number of furan rings is 1. The van der Waals surface area contributed by atoms with E-state index in [-0.39, 0.29) is 11.4 Å². The molecule has 0 saturated heterocycles. The molecule has 3 rings (SSSR count). The minimum absolute atomic E-state index is 0.119. The van der Waals surface area contributed by atoms with Gasteiger partial charge in [-0.1, -0.05) is 0 Å². The van der Waals surface area contributed by atoms with Gasteiger partial charge in [-0.2, -0.15) is 0 Å². The van der Waals surface area contributed by atoms with Crippen LogP contribution in [0.4, 0.5) is 8.78 Å². The van der Waals surface area contributed by atoms with Gasteiger partial charge in [0.15, 0.2) is 5.82 Å². The van der Waals surface area contributed by atoms with E-state index in [4.69, 9.17) is 16.0 Å². The Hall–Kier alpha value is -1.88. The van der Waals surface area contributed by atoms with Crippen molar-refractivity contribution >= 4 is 22.6 Å². The average molecular weight is 283 g/mol. The van der Waals surface area contributed by atoms with Crippen LogP contribution in [-0.4, -0.2) is 9.55 Å². The molecule has 19 heavy (non-hydrogen) atoms. The van der Waals surface area contributed by atoms with Gasteiger partial charge in [-0.25, -0.2) is 13.8 Å². The van der Waals surface area contributed by atoms with Crippen molar-refractivity contribution in [2.75, 3.05) is 0 Å². The van der Waals surface area contributed by atoms with E-state index >= 15 is 0 Å². The summed E-state index contributed by atoms with van der Waals surface area (Å²) in [6, 6.07) is 3.84. The van der Waals surface area contributed by atoms with Gasteiger partial charge >= 0.3 is 0 Å². The number of imidazole rings is 1. The molecule has 0 spiro atoms. The number of rotatable bonds is 3. The van der Waals surface area contributed by atoms with Crippen molar-refractivity contribution in [3.63, 3.8) is 0 Å². The lowest BCUT2D eigenvalue weighted by Crippen LogP contribution is -2.03. The van der Waals surface area contributed by atoms with Crippen LogP contribution >= 0.6 is 11.6 Å². The van der Waals surface area contributed by atoms with Crippen LogP contribution in [0.2, 0.25) is 0 Å². The predicted molar refractivity (Wildman–Crippen MR) is 67.0 cm³/mol. The summed E-state index contributed by atoms with van der Waals surface area (Å²) in [5, 5.41) is 0. The summed E-state index contributed by atoms with van der Waals surface area (Å²) < 4.78 is 33.7. The van der Waals surface area contributed by atoms with Gasteiger partial charge < -0.3 is 8.98 Å². The molecule has 0 N–H and O–H groups in total. The molecule has 0 atom stereocenters. The maximum Gasteiger partial charge on any atom is 0.153 e. The van der Waals surface area contributed by atoms with Gasteiger partial charge in [0.05, 0.1) is 30.5 Å². The highest BCUT2D eigenvalue weighted by Gasteiger charge is 2.15. The number of hydrogen-bond donors (Lipinski definition) is 0. The lowest BCUT2D eigenvalue weighted by atomic mass is 10.2. The first kappa shape index (κ1) is 12.2. The highest BCUT2D eigenvalue weighted by atomic mass is 35.5. The summed E-state index contributed by atoms with van der Waals surface area (Å²) in [6.45, 7) is 0.401. The number of halogens is 3. The first-order chi connectivity index (χ1) is 9.19. The number of nitrogens with zero attached hydrogens (tertiary/aromatic N) is 2. The topological polar surface area (TPSA) is 31.0 Å². The highest BCUT2D eigenvalue weighted by molar-refractivity contribution is 6.16. The monoisotopic (exact) mass is 282 g/mol. The quantitative estimate of drug-likeness (QED) is 0.686. The van der Waals surface area contributed by atoms with Crippen molar-refractivity contribution in [1.29, 1.82) is 0 Å². The van der Waals surface area contributed by atoms with Crippen LogP contribution in [-0.2, 0) is 12.4 Å². The van der Waals surface area contributed by atoms with E-state index < -0.39 is 11.6 Å². The molecule has 0 aliphatic rings. The van der Waals surface area contributed by atoms with Crippen LogP contribution in [0.15, 0.2) is 35.1 Å². The van der Waals surface area contributed by atoms with Crippen LogP contribution < -0.4 is 0 Å². The number of alkyl halides is 1. The molecule has 0 aliphatic heterocycles. The highest BCUT2D eigenvalue weighted by Crippen LogP contribution is 2.23. The summed E-state index contributed by atoms with van der Waals surface area (Å²) in [5.74, 6) is -0.720. The average Bonchev–Trinajstić information content (AvgIpc) is 2.99. The van der Waals surface area contributed by atoms with E-state index in [0.717, 1.165) is 11.6 Å². The fourth-order valence-electron chi connectivity index (χ4n) is 2.04. The van der Waals surface area contributed by atoms with E-state index in [2.05, 4.69) is 4.98 Å². The number of benzene rings is 1. The zero-order valence-electron chi connectivity index (χ0n) is 9.74. The molecule has 0 bridgehead atoms. The van der Waals surface area contributed by atoms with E-state index in [0.29, 0.717) is 17.9 Å². The molecule has 0 radical (unpaired) electrons. The molecule has 2 heterocycles. The molecule has 0 unspecified atom stereocenters. The fraction of sp³-hybridized carbons (Fsp3) is 0.154. The minimum atomic E-state index is -0.688. The molecular weight excluding hydrogens is 274 g/mol. The number of aromatic nitrogens is 2. The van der Waals surface area contributed by atoms with Gasteiger partial charge in [-0.05, 0) is 12.1 Å². The Bertz CT molecular complexity index is 722. The van der Waals surface area contributed by atoms with Crippen LogP contribution in [0, 0.1) is 11.6 Å². The van der Waals surface area contributed by atoms with Crippen LogP contribution in [0.3, 0.4) is 0 Å². The molecule has 0 aliphatic carbocycles. The largest absolute Gasteiger partial charge is 0.472 e. The third kappa shape index (κ3) is 2.10. The van der Waals surface area contributed by atoms with Gasteiger partial charge in [0.2, 0.25) is 0 Å². The first-order valence-electron chi connectivity index (χ1n) is 5.60. The smallest absolute Gasteiger partial charge is 0.153 e. The molecule has 2 aromatic heterocycles.